The monoisotopic (exact) mass is 268 g/mol. The maximum Gasteiger partial charge on any atom is 0.231 e. The maximum atomic E-state index is 13.0. The summed E-state index contributed by atoms with van der Waals surface area (Å²) >= 11 is 0. The van der Waals surface area contributed by atoms with E-state index in [1.165, 1.54) is 6.42 Å². The molecular formula is C15H28N2O2. The van der Waals surface area contributed by atoms with Gasteiger partial charge in [-0.1, -0.05) is 13.8 Å². The Morgan fingerprint density at radius 1 is 1.26 bits per heavy atom. The Morgan fingerprint density at radius 2 is 1.84 bits per heavy atom. The second-order valence-corrected chi connectivity index (χ2v) is 6.62. The van der Waals surface area contributed by atoms with Crippen LogP contribution in [0.3, 0.4) is 0 Å². The Kier molecular flexibility index (Phi) is 4.85. The lowest BCUT2D eigenvalue weighted by atomic mass is 9.77. The summed E-state index contributed by atoms with van der Waals surface area (Å²) in [7, 11) is 1.71. The molecule has 2 fully saturated rings. The van der Waals surface area contributed by atoms with Crippen LogP contribution in [-0.4, -0.2) is 50.7 Å². The van der Waals surface area contributed by atoms with E-state index in [9.17, 15) is 4.79 Å². The highest BCUT2D eigenvalue weighted by atomic mass is 16.5. The lowest BCUT2D eigenvalue weighted by Crippen LogP contribution is -2.54. The molecule has 4 heteroatoms. The average Bonchev–Trinajstić information content (AvgIpc) is 2.38. The molecule has 2 saturated heterocycles. The molecule has 2 atom stereocenters. The second kappa shape index (κ2) is 6.23. The van der Waals surface area contributed by atoms with Crippen molar-refractivity contribution in [3.05, 3.63) is 0 Å². The smallest absolute Gasteiger partial charge is 0.231 e. The van der Waals surface area contributed by atoms with Gasteiger partial charge in [0, 0.05) is 20.2 Å². The minimum absolute atomic E-state index is 0.281. The number of rotatable bonds is 3. The number of amides is 1. The van der Waals surface area contributed by atoms with Crippen LogP contribution in [0.5, 0.6) is 0 Å². The predicted octanol–water partition coefficient (Wildman–Crippen LogP) is 1.51. The molecule has 0 aromatic rings. The topological polar surface area (TPSA) is 41.6 Å². The first-order valence-corrected chi connectivity index (χ1v) is 7.56. The summed E-state index contributed by atoms with van der Waals surface area (Å²) in [6.45, 7) is 8.75. The fourth-order valence-electron chi connectivity index (χ4n) is 3.77. The third-order valence-corrected chi connectivity index (χ3v) is 4.59. The van der Waals surface area contributed by atoms with Gasteiger partial charge >= 0.3 is 0 Å². The molecule has 0 aromatic heterocycles. The van der Waals surface area contributed by atoms with E-state index in [1.54, 1.807) is 7.11 Å². The van der Waals surface area contributed by atoms with Crippen LogP contribution < -0.4 is 5.32 Å². The standard InChI is InChI=1S/C15H28N2O2/c1-12-8-13(2)10-17(9-12)14(18)15(11-19-3)4-6-16-7-5-15/h12-13,16H,4-11H2,1-3H3. The number of nitrogens with one attached hydrogen (secondary N) is 1. The zero-order chi connectivity index (χ0) is 13.9. The molecule has 2 rings (SSSR count). The summed E-state index contributed by atoms with van der Waals surface area (Å²) in [6, 6.07) is 0. The maximum absolute atomic E-state index is 13.0. The number of hydrogen-bond acceptors (Lipinski definition) is 3. The Hall–Kier alpha value is -0.610. The molecule has 2 unspecified atom stereocenters. The Labute approximate surface area is 116 Å². The molecule has 2 aliphatic rings. The number of ether oxygens (including phenoxy) is 1. The quantitative estimate of drug-likeness (QED) is 0.843. The molecule has 0 bridgehead atoms. The second-order valence-electron chi connectivity index (χ2n) is 6.62. The van der Waals surface area contributed by atoms with Gasteiger partial charge in [-0.25, -0.2) is 0 Å². The lowest BCUT2D eigenvalue weighted by Gasteiger charge is -2.43. The lowest BCUT2D eigenvalue weighted by molar-refractivity contribution is -0.150. The van der Waals surface area contributed by atoms with Crippen molar-refractivity contribution in [2.75, 3.05) is 39.9 Å². The van der Waals surface area contributed by atoms with Gasteiger partial charge in [0.25, 0.3) is 0 Å². The molecule has 0 radical (unpaired) electrons. The fraction of sp³-hybridized carbons (Fsp3) is 0.933. The molecule has 0 aromatic carbocycles. The number of likely N-dealkylation sites (tertiary alicyclic amines) is 1. The van der Waals surface area contributed by atoms with E-state index in [0.717, 1.165) is 39.0 Å². The Bertz CT molecular complexity index is 298. The highest BCUT2D eigenvalue weighted by Gasteiger charge is 2.43. The van der Waals surface area contributed by atoms with E-state index in [2.05, 4.69) is 24.1 Å². The molecule has 19 heavy (non-hydrogen) atoms. The number of carbonyl (C=O) groups excluding carboxylic acids is 1. The van der Waals surface area contributed by atoms with E-state index >= 15 is 0 Å². The van der Waals surface area contributed by atoms with Crippen LogP contribution in [0.25, 0.3) is 0 Å². The van der Waals surface area contributed by atoms with Crippen LogP contribution in [0, 0.1) is 17.3 Å². The fourth-order valence-corrected chi connectivity index (χ4v) is 3.77. The number of methoxy groups -OCH3 is 1. The first-order valence-electron chi connectivity index (χ1n) is 7.56. The van der Waals surface area contributed by atoms with Crippen molar-refractivity contribution in [3.63, 3.8) is 0 Å². The van der Waals surface area contributed by atoms with Gasteiger partial charge in [-0.2, -0.15) is 0 Å². The van der Waals surface area contributed by atoms with Gasteiger partial charge in [-0.15, -0.1) is 0 Å². The van der Waals surface area contributed by atoms with Gasteiger partial charge in [0.05, 0.1) is 12.0 Å². The van der Waals surface area contributed by atoms with Gasteiger partial charge in [0.1, 0.15) is 0 Å². The number of piperidine rings is 2. The van der Waals surface area contributed by atoms with Gasteiger partial charge < -0.3 is 15.0 Å². The first-order chi connectivity index (χ1) is 9.07. The molecule has 1 amide bonds. The van der Waals surface area contributed by atoms with Crippen molar-refractivity contribution in [2.45, 2.75) is 33.1 Å². The molecular weight excluding hydrogens is 240 g/mol. The van der Waals surface area contributed by atoms with E-state index in [1.807, 2.05) is 0 Å². The normalized spacial score (nSPS) is 31.2. The van der Waals surface area contributed by atoms with Gasteiger partial charge in [-0.3, -0.25) is 4.79 Å². The van der Waals surface area contributed by atoms with Crippen molar-refractivity contribution >= 4 is 5.91 Å². The summed E-state index contributed by atoms with van der Waals surface area (Å²) in [4.78, 5) is 15.1. The molecule has 2 heterocycles. The molecule has 110 valence electrons. The van der Waals surface area contributed by atoms with Crippen molar-refractivity contribution < 1.29 is 9.53 Å². The summed E-state index contributed by atoms with van der Waals surface area (Å²) < 4.78 is 5.38. The van der Waals surface area contributed by atoms with E-state index in [4.69, 9.17) is 4.74 Å². The van der Waals surface area contributed by atoms with Crippen molar-refractivity contribution in [2.24, 2.45) is 17.3 Å². The summed E-state index contributed by atoms with van der Waals surface area (Å²) in [5, 5.41) is 3.35. The van der Waals surface area contributed by atoms with Gasteiger partial charge in [-0.05, 0) is 44.2 Å². The average molecular weight is 268 g/mol. The Balaban J connectivity index is 2.10. The SMILES string of the molecule is COCC1(C(=O)N2CC(C)CC(C)C2)CCNCC1. The van der Waals surface area contributed by atoms with Gasteiger partial charge in [0.2, 0.25) is 5.91 Å². The predicted molar refractivity (Wildman–Crippen MR) is 75.9 cm³/mol. The summed E-state index contributed by atoms with van der Waals surface area (Å²) in [6.07, 6.45) is 3.04. The largest absolute Gasteiger partial charge is 0.384 e. The van der Waals surface area contributed by atoms with Crippen LogP contribution in [0.15, 0.2) is 0 Å². The van der Waals surface area contributed by atoms with Crippen LogP contribution in [-0.2, 0) is 9.53 Å². The molecule has 0 spiro atoms. The molecule has 1 N–H and O–H groups in total. The minimum Gasteiger partial charge on any atom is -0.384 e. The minimum atomic E-state index is -0.281. The number of nitrogens with zero attached hydrogens (tertiary/aromatic N) is 1. The van der Waals surface area contributed by atoms with Crippen LogP contribution in [0.4, 0.5) is 0 Å². The van der Waals surface area contributed by atoms with Crippen LogP contribution in [0.2, 0.25) is 0 Å². The van der Waals surface area contributed by atoms with E-state index in [-0.39, 0.29) is 5.41 Å². The van der Waals surface area contributed by atoms with Crippen LogP contribution in [0.1, 0.15) is 33.1 Å². The zero-order valence-corrected chi connectivity index (χ0v) is 12.6. The molecule has 0 saturated carbocycles. The third kappa shape index (κ3) is 3.29. The van der Waals surface area contributed by atoms with Crippen molar-refractivity contribution in [1.82, 2.24) is 10.2 Å². The summed E-state index contributed by atoms with van der Waals surface area (Å²) in [5.74, 6) is 1.57. The molecule has 0 aliphatic carbocycles. The van der Waals surface area contributed by atoms with Gasteiger partial charge in [0.15, 0.2) is 0 Å². The van der Waals surface area contributed by atoms with Crippen LogP contribution >= 0.6 is 0 Å². The first kappa shape index (κ1) is 14.8. The highest BCUT2D eigenvalue weighted by Crippen LogP contribution is 2.34. The van der Waals surface area contributed by atoms with E-state index in [0.29, 0.717) is 24.3 Å². The summed E-state index contributed by atoms with van der Waals surface area (Å²) in [5.41, 5.74) is -0.281. The third-order valence-electron chi connectivity index (χ3n) is 4.59. The van der Waals surface area contributed by atoms with E-state index < -0.39 is 0 Å². The number of hydrogen-bond donors (Lipinski definition) is 1. The number of carbonyl (C=O) groups is 1. The molecule has 2 aliphatic heterocycles. The highest BCUT2D eigenvalue weighted by molar-refractivity contribution is 5.83. The Morgan fingerprint density at radius 3 is 2.37 bits per heavy atom. The van der Waals surface area contributed by atoms with Crippen molar-refractivity contribution in [1.29, 1.82) is 0 Å². The zero-order valence-electron chi connectivity index (χ0n) is 12.6. The van der Waals surface area contributed by atoms with Crippen molar-refractivity contribution in [3.8, 4) is 0 Å². The molecule has 4 nitrogen and oxygen atoms in total.